The Labute approximate surface area is 255 Å². The molecule has 1 saturated heterocycles. The molecule has 42 heavy (non-hydrogen) atoms. The Morgan fingerprint density at radius 3 is 2.10 bits per heavy atom. The number of nitrogens with one attached hydrogen (secondary N) is 1. The van der Waals surface area contributed by atoms with Gasteiger partial charge in [-0.05, 0) is 67.0 Å². The summed E-state index contributed by atoms with van der Waals surface area (Å²) in [6.07, 6.45) is 4.16. The Bertz CT molecular complexity index is 1520. The van der Waals surface area contributed by atoms with E-state index in [1.165, 1.54) is 6.20 Å². The first-order chi connectivity index (χ1) is 20.3. The van der Waals surface area contributed by atoms with Gasteiger partial charge < -0.3 is 15.3 Å². The van der Waals surface area contributed by atoms with Crippen molar-refractivity contribution in [2.24, 2.45) is 5.41 Å². The lowest BCUT2D eigenvalue weighted by Gasteiger charge is -2.41. The summed E-state index contributed by atoms with van der Waals surface area (Å²) in [6, 6.07) is 25.3. The summed E-state index contributed by atoms with van der Waals surface area (Å²) in [5.41, 5.74) is 3.01. The number of amides is 1. The Balaban J connectivity index is 1.33. The van der Waals surface area contributed by atoms with Gasteiger partial charge in [0.25, 0.3) is 0 Å². The lowest BCUT2D eigenvalue weighted by molar-refractivity contribution is -0.132. The van der Waals surface area contributed by atoms with E-state index in [0.717, 1.165) is 16.7 Å². The molecule has 1 fully saturated rings. The van der Waals surface area contributed by atoms with Crippen molar-refractivity contribution < 1.29 is 14.7 Å². The smallest absolute Gasteiger partial charge is 0.339 e. The molecule has 0 atom stereocenters. The second-order valence-corrected chi connectivity index (χ2v) is 11.6. The number of carbonyl (C=O) groups excluding carboxylic acids is 1. The van der Waals surface area contributed by atoms with E-state index in [2.05, 4.69) is 22.4 Å². The minimum atomic E-state index is -1.07. The van der Waals surface area contributed by atoms with Crippen LogP contribution in [0.5, 0.6) is 0 Å². The van der Waals surface area contributed by atoms with Gasteiger partial charge in [-0.15, -0.1) is 0 Å². The van der Waals surface area contributed by atoms with Crippen LogP contribution in [-0.4, -0.2) is 40.0 Å². The molecule has 0 aliphatic carbocycles. The van der Waals surface area contributed by atoms with E-state index in [-0.39, 0.29) is 11.5 Å². The average Bonchev–Trinajstić information content (AvgIpc) is 2.99. The number of rotatable bonds is 10. The van der Waals surface area contributed by atoms with Gasteiger partial charge in [-0.1, -0.05) is 83.9 Å². The molecule has 1 aliphatic rings. The van der Waals surface area contributed by atoms with Crippen molar-refractivity contribution in [1.82, 2.24) is 15.3 Å². The molecule has 0 unspecified atom stereocenters. The molecule has 0 spiro atoms. The number of aryl methyl sites for hydroxylation is 2. The molecule has 4 aromatic rings. The molecule has 3 aromatic carbocycles. The lowest BCUT2D eigenvalue weighted by atomic mass is 9.73. The molecule has 0 bridgehead atoms. The number of aromatic nitrogens is 2. The summed E-state index contributed by atoms with van der Waals surface area (Å²) in [5.74, 6) is -0.564. The molecule has 7 nitrogen and oxygen atoms in total. The fourth-order valence-corrected chi connectivity index (χ4v) is 6.09. The van der Waals surface area contributed by atoms with Gasteiger partial charge in [-0.3, -0.25) is 4.79 Å². The van der Waals surface area contributed by atoms with Crippen LogP contribution >= 0.6 is 23.2 Å². The summed E-state index contributed by atoms with van der Waals surface area (Å²) < 4.78 is 0. The normalized spacial score (nSPS) is 14.4. The highest BCUT2D eigenvalue weighted by Crippen LogP contribution is 2.37. The van der Waals surface area contributed by atoms with Crippen LogP contribution < -0.4 is 10.2 Å². The van der Waals surface area contributed by atoms with Crippen LogP contribution in [0.3, 0.4) is 0 Å². The zero-order chi connectivity index (χ0) is 29.5. The number of nitrogens with zero attached hydrogens (tertiary/aromatic N) is 3. The number of benzene rings is 3. The van der Waals surface area contributed by atoms with E-state index < -0.39 is 11.4 Å². The number of piperidine rings is 1. The fourth-order valence-electron chi connectivity index (χ4n) is 5.52. The van der Waals surface area contributed by atoms with Gasteiger partial charge in [0.2, 0.25) is 11.9 Å². The monoisotopic (exact) mass is 602 g/mol. The second kappa shape index (κ2) is 13.4. The van der Waals surface area contributed by atoms with Crippen molar-refractivity contribution in [3.05, 3.63) is 123 Å². The molecule has 2 N–H and O–H groups in total. The van der Waals surface area contributed by atoms with Crippen LogP contribution in [-0.2, 0) is 30.6 Å². The maximum Gasteiger partial charge on any atom is 0.339 e. The summed E-state index contributed by atoms with van der Waals surface area (Å²) >= 11 is 12.3. The van der Waals surface area contributed by atoms with Crippen molar-refractivity contribution >= 4 is 41.0 Å². The number of hydrogen-bond acceptors (Lipinski definition) is 5. The van der Waals surface area contributed by atoms with Crippen LogP contribution in [0.2, 0.25) is 10.0 Å². The third-order valence-electron chi connectivity index (χ3n) is 7.82. The first kappa shape index (κ1) is 29.5. The quantitative estimate of drug-likeness (QED) is 0.218. The summed E-state index contributed by atoms with van der Waals surface area (Å²) in [5, 5.41) is 14.0. The van der Waals surface area contributed by atoms with Crippen LogP contribution in [0.25, 0.3) is 0 Å². The number of halogens is 2. The van der Waals surface area contributed by atoms with E-state index in [9.17, 15) is 14.7 Å². The third kappa shape index (κ3) is 7.27. The topological polar surface area (TPSA) is 95.4 Å². The highest BCUT2D eigenvalue weighted by Gasteiger charge is 2.42. The lowest BCUT2D eigenvalue weighted by Crippen LogP contribution is -2.50. The summed E-state index contributed by atoms with van der Waals surface area (Å²) in [4.78, 5) is 36.8. The van der Waals surface area contributed by atoms with E-state index >= 15 is 0 Å². The molecule has 2 heterocycles. The average molecular weight is 604 g/mol. The van der Waals surface area contributed by atoms with E-state index in [1.807, 2.05) is 65.6 Å². The van der Waals surface area contributed by atoms with Crippen molar-refractivity contribution in [3.63, 3.8) is 0 Å². The number of hydrogen-bond donors (Lipinski definition) is 2. The highest BCUT2D eigenvalue weighted by atomic mass is 35.5. The molecule has 1 aliphatic heterocycles. The third-order valence-corrected chi connectivity index (χ3v) is 8.26. The molecule has 1 amide bonds. The summed E-state index contributed by atoms with van der Waals surface area (Å²) in [7, 11) is 0. The molecule has 216 valence electrons. The SMILES string of the molecule is O=C(O)c1cnc(N2CCC(Cc3ccccc3)(C(=O)NCc3ccccc3)CC2)nc1CCc1cc(Cl)cc(Cl)c1. The van der Waals surface area contributed by atoms with Gasteiger partial charge in [0.05, 0.1) is 16.7 Å². The Morgan fingerprint density at radius 1 is 0.857 bits per heavy atom. The zero-order valence-corrected chi connectivity index (χ0v) is 24.6. The number of carbonyl (C=O) groups is 2. The Kier molecular flexibility index (Phi) is 9.40. The van der Waals surface area contributed by atoms with E-state index in [4.69, 9.17) is 28.2 Å². The predicted octanol–water partition coefficient (Wildman–Crippen LogP) is 6.41. The molecular weight excluding hydrogens is 571 g/mol. The van der Waals surface area contributed by atoms with Crippen LogP contribution in [0.15, 0.2) is 85.1 Å². The van der Waals surface area contributed by atoms with Crippen molar-refractivity contribution in [3.8, 4) is 0 Å². The molecule has 9 heteroatoms. The Morgan fingerprint density at radius 2 is 1.48 bits per heavy atom. The molecule has 0 saturated carbocycles. The number of anilines is 1. The maximum absolute atomic E-state index is 13.7. The van der Waals surface area contributed by atoms with E-state index in [1.54, 1.807) is 6.07 Å². The second-order valence-electron chi connectivity index (χ2n) is 10.7. The zero-order valence-electron chi connectivity index (χ0n) is 23.1. The first-order valence-corrected chi connectivity index (χ1v) is 14.7. The van der Waals surface area contributed by atoms with Gasteiger partial charge in [0, 0.05) is 35.9 Å². The summed E-state index contributed by atoms with van der Waals surface area (Å²) in [6.45, 7) is 1.61. The first-order valence-electron chi connectivity index (χ1n) is 14.0. The van der Waals surface area contributed by atoms with Crippen molar-refractivity contribution in [1.29, 1.82) is 0 Å². The van der Waals surface area contributed by atoms with Crippen LogP contribution in [0, 0.1) is 5.41 Å². The van der Waals surface area contributed by atoms with Gasteiger partial charge in [0.15, 0.2) is 0 Å². The minimum Gasteiger partial charge on any atom is -0.478 e. The number of aromatic carboxylic acids is 1. The van der Waals surface area contributed by atoms with Crippen molar-refractivity contribution in [2.75, 3.05) is 18.0 Å². The number of carboxylic acids is 1. The highest BCUT2D eigenvalue weighted by molar-refractivity contribution is 6.34. The molecule has 1 aromatic heterocycles. The molecule has 5 rings (SSSR count). The largest absolute Gasteiger partial charge is 0.478 e. The predicted molar refractivity (Wildman–Crippen MR) is 165 cm³/mol. The van der Waals surface area contributed by atoms with Crippen molar-refractivity contribution in [2.45, 2.75) is 38.6 Å². The van der Waals surface area contributed by atoms with E-state index in [0.29, 0.717) is 73.4 Å². The Hall–Kier alpha value is -3.94. The maximum atomic E-state index is 13.7. The molecule has 0 radical (unpaired) electrons. The number of carboxylic acid groups (broad SMARTS) is 1. The minimum absolute atomic E-state index is 0.0397. The van der Waals surface area contributed by atoms with Gasteiger partial charge in [-0.2, -0.15) is 0 Å². The van der Waals surface area contributed by atoms with Gasteiger partial charge >= 0.3 is 5.97 Å². The van der Waals surface area contributed by atoms with Gasteiger partial charge in [-0.25, -0.2) is 14.8 Å². The van der Waals surface area contributed by atoms with Crippen LogP contribution in [0.1, 0.15) is 45.6 Å². The standard InChI is InChI=1S/C33H32Cl2N4O3/c34-26-17-25(18-27(35)19-26)11-12-29-28(30(40)41)22-37-32(38-29)39-15-13-33(14-16-39,20-23-7-3-1-4-8-23)31(42)36-21-24-9-5-2-6-10-24/h1-10,17-19,22H,11-16,20-21H2,(H,36,42)(H,40,41). The van der Waals surface area contributed by atoms with Crippen LogP contribution in [0.4, 0.5) is 5.95 Å². The van der Waals surface area contributed by atoms with Gasteiger partial charge in [0.1, 0.15) is 0 Å². The fraction of sp³-hybridized carbons (Fsp3) is 0.273. The molecular formula is C33H32Cl2N4O3.